The molecule has 0 amide bonds. The van der Waals surface area contributed by atoms with E-state index in [1.54, 1.807) is 0 Å². The quantitative estimate of drug-likeness (QED) is 0.542. The van der Waals surface area contributed by atoms with E-state index < -0.39 is 0 Å². The number of likely N-dealkylation sites (N-methyl/N-ethyl adjacent to an activating group) is 1. The van der Waals surface area contributed by atoms with Gasteiger partial charge < -0.3 is 29.5 Å². The molecular weight excluding hydrogens is 519 g/mol. The molecule has 4 heterocycles. The number of benzene rings is 1. The number of amidine groups is 1. The summed E-state index contributed by atoms with van der Waals surface area (Å²) in [4.78, 5) is 14.9. The number of nitrogens with zero attached hydrogens (tertiary/aromatic N) is 5. The normalized spacial score (nSPS) is 25.1. The summed E-state index contributed by atoms with van der Waals surface area (Å²) in [5.41, 5.74) is 2.56. The summed E-state index contributed by atoms with van der Waals surface area (Å²) < 4.78 is 12.6. The average Bonchev–Trinajstić information content (AvgIpc) is 3.35. The lowest BCUT2D eigenvalue weighted by molar-refractivity contribution is -0.0507. The minimum atomic E-state index is -0.0725. The maximum atomic E-state index is 5.65. The molecule has 2 fully saturated rings. The Labute approximate surface area is 204 Å². The van der Waals surface area contributed by atoms with Crippen LogP contribution in [0, 0.1) is 3.57 Å². The highest BCUT2D eigenvalue weighted by molar-refractivity contribution is 14.1. The average molecular weight is 552 g/mol. The molecule has 0 saturated carbocycles. The first-order valence-electron chi connectivity index (χ1n) is 11.6. The van der Waals surface area contributed by atoms with Crippen molar-refractivity contribution >= 4 is 28.4 Å². The van der Waals surface area contributed by atoms with Gasteiger partial charge in [0.1, 0.15) is 0 Å². The Bertz CT molecular complexity index is 851. The van der Waals surface area contributed by atoms with Gasteiger partial charge in [-0.1, -0.05) is 18.2 Å². The largest absolute Gasteiger partial charge is 0.358 e. The molecule has 0 aromatic heterocycles. The molecular formula is C23H33IN6O2. The lowest BCUT2D eigenvalue weighted by Crippen LogP contribution is -2.47. The van der Waals surface area contributed by atoms with E-state index in [4.69, 9.17) is 14.5 Å². The lowest BCUT2D eigenvalue weighted by atomic mass is 10.2. The van der Waals surface area contributed by atoms with E-state index >= 15 is 0 Å². The first kappa shape index (κ1) is 22.4. The molecule has 4 aliphatic heterocycles. The van der Waals surface area contributed by atoms with Crippen LogP contribution in [0.5, 0.6) is 0 Å². The van der Waals surface area contributed by atoms with Crippen molar-refractivity contribution in [2.45, 2.75) is 32.0 Å². The first-order valence-corrected chi connectivity index (χ1v) is 12.7. The number of nitrogens with one attached hydrogen (secondary N) is 1. The molecule has 1 N–H and O–H groups in total. The summed E-state index contributed by atoms with van der Waals surface area (Å²) in [6, 6.07) is 8.67. The van der Waals surface area contributed by atoms with Gasteiger partial charge in [-0.25, -0.2) is 4.99 Å². The standard InChI is InChI=1S/C23H33IN6O2/c1-27-17-28(11-7-21-31-13-14-32-21)16-20-22(27)26-23(29-10-4-8-25-9-12-29)30(20)15-18-5-2-3-6-19(18)24/h2-3,5-6,16,21,23,25H,4,7-15,17H2,1H3. The van der Waals surface area contributed by atoms with Crippen LogP contribution in [0.1, 0.15) is 18.4 Å². The summed E-state index contributed by atoms with van der Waals surface area (Å²) in [5, 5.41) is 3.53. The van der Waals surface area contributed by atoms with Crippen LogP contribution in [0.3, 0.4) is 0 Å². The number of ether oxygens (including phenoxy) is 2. The second-order valence-corrected chi connectivity index (χ2v) is 9.95. The van der Waals surface area contributed by atoms with Crippen LogP contribution in [0.15, 0.2) is 41.2 Å². The molecule has 0 aliphatic carbocycles. The van der Waals surface area contributed by atoms with Gasteiger partial charge in [-0.15, -0.1) is 0 Å². The third-order valence-electron chi connectivity index (χ3n) is 6.46. The second kappa shape index (κ2) is 10.3. The Hall–Kier alpha value is -1.40. The van der Waals surface area contributed by atoms with Gasteiger partial charge in [0.15, 0.2) is 18.4 Å². The zero-order valence-corrected chi connectivity index (χ0v) is 20.9. The van der Waals surface area contributed by atoms with E-state index in [-0.39, 0.29) is 12.6 Å². The van der Waals surface area contributed by atoms with Gasteiger partial charge in [0.2, 0.25) is 0 Å². The first-order chi connectivity index (χ1) is 15.7. The number of aliphatic imine (C=N–C) groups is 1. The zero-order chi connectivity index (χ0) is 21.9. The molecule has 32 heavy (non-hydrogen) atoms. The van der Waals surface area contributed by atoms with Crippen LogP contribution >= 0.6 is 22.6 Å². The van der Waals surface area contributed by atoms with Crippen LogP contribution in [-0.2, 0) is 16.0 Å². The summed E-state index contributed by atoms with van der Waals surface area (Å²) >= 11 is 2.45. The van der Waals surface area contributed by atoms with Gasteiger partial charge in [-0.2, -0.15) is 0 Å². The fraction of sp³-hybridized carbons (Fsp3) is 0.609. The lowest BCUT2D eigenvalue weighted by Gasteiger charge is -2.38. The van der Waals surface area contributed by atoms with Gasteiger partial charge >= 0.3 is 0 Å². The van der Waals surface area contributed by atoms with Crippen molar-refractivity contribution in [3.8, 4) is 0 Å². The van der Waals surface area contributed by atoms with E-state index in [0.29, 0.717) is 13.2 Å². The number of halogens is 1. The summed E-state index contributed by atoms with van der Waals surface area (Å²) in [6.07, 6.45) is 4.30. The second-order valence-electron chi connectivity index (χ2n) is 8.78. The SMILES string of the molecule is CN1CN(CCC2OCCO2)C=C2C1=NC(N1CCCNCC1)N2Cc1ccccc1I. The monoisotopic (exact) mass is 552 g/mol. The third kappa shape index (κ3) is 4.91. The Balaban J connectivity index is 1.40. The molecule has 1 unspecified atom stereocenters. The van der Waals surface area contributed by atoms with E-state index in [0.717, 1.165) is 64.6 Å². The molecule has 5 rings (SSSR count). The predicted molar refractivity (Wildman–Crippen MR) is 133 cm³/mol. The van der Waals surface area contributed by atoms with E-state index in [1.807, 2.05) is 0 Å². The third-order valence-corrected chi connectivity index (χ3v) is 7.51. The molecule has 4 aliphatic rings. The number of hydrogen-bond donors (Lipinski definition) is 1. The van der Waals surface area contributed by atoms with Gasteiger partial charge in [0, 0.05) is 56.0 Å². The molecule has 0 spiro atoms. The van der Waals surface area contributed by atoms with Crippen LogP contribution < -0.4 is 5.32 Å². The molecule has 2 saturated heterocycles. The number of fused-ring (bicyclic) bond motifs is 1. The number of rotatable bonds is 6. The Morgan fingerprint density at radius 2 is 2.00 bits per heavy atom. The highest BCUT2D eigenvalue weighted by Crippen LogP contribution is 2.31. The van der Waals surface area contributed by atoms with E-state index in [9.17, 15) is 0 Å². The minimum absolute atomic E-state index is 0.0380. The number of hydrogen-bond acceptors (Lipinski definition) is 8. The van der Waals surface area contributed by atoms with Crippen molar-refractivity contribution in [3.63, 3.8) is 0 Å². The Kier molecular flexibility index (Phi) is 7.17. The fourth-order valence-electron chi connectivity index (χ4n) is 4.81. The van der Waals surface area contributed by atoms with Crippen LogP contribution in [0.25, 0.3) is 0 Å². The maximum absolute atomic E-state index is 5.65. The summed E-state index contributed by atoms with van der Waals surface area (Å²) in [6.45, 7) is 8.17. The van der Waals surface area contributed by atoms with Crippen molar-refractivity contribution in [2.75, 3.05) is 59.7 Å². The van der Waals surface area contributed by atoms with Crippen molar-refractivity contribution < 1.29 is 9.47 Å². The van der Waals surface area contributed by atoms with Gasteiger partial charge in [0.25, 0.3) is 0 Å². The van der Waals surface area contributed by atoms with Crippen LogP contribution in [0.2, 0.25) is 0 Å². The molecule has 0 radical (unpaired) electrons. The molecule has 174 valence electrons. The fourth-order valence-corrected chi connectivity index (χ4v) is 5.37. The minimum Gasteiger partial charge on any atom is -0.358 e. The molecule has 1 atom stereocenters. The van der Waals surface area contributed by atoms with Gasteiger partial charge in [-0.05, 0) is 47.2 Å². The Morgan fingerprint density at radius 3 is 2.84 bits per heavy atom. The van der Waals surface area contributed by atoms with Crippen LogP contribution in [-0.4, -0.2) is 97.7 Å². The zero-order valence-electron chi connectivity index (χ0n) is 18.8. The topological polar surface area (TPSA) is 55.8 Å². The molecule has 8 nitrogen and oxygen atoms in total. The molecule has 1 aromatic carbocycles. The van der Waals surface area contributed by atoms with E-state index in [2.05, 4.69) is 85.0 Å². The van der Waals surface area contributed by atoms with Crippen molar-refractivity contribution in [2.24, 2.45) is 4.99 Å². The molecule has 1 aromatic rings. The van der Waals surface area contributed by atoms with Crippen molar-refractivity contribution in [1.82, 2.24) is 24.9 Å². The van der Waals surface area contributed by atoms with Crippen molar-refractivity contribution in [1.29, 1.82) is 0 Å². The van der Waals surface area contributed by atoms with Crippen molar-refractivity contribution in [3.05, 3.63) is 45.3 Å². The smallest absolute Gasteiger partial charge is 0.181 e. The molecule has 0 bridgehead atoms. The van der Waals surface area contributed by atoms with Gasteiger partial charge in [-0.3, -0.25) is 4.90 Å². The van der Waals surface area contributed by atoms with Gasteiger partial charge in [0.05, 0.1) is 25.6 Å². The highest BCUT2D eigenvalue weighted by Gasteiger charge is 2.39. The van der Waals surface area contributed by atoms with E-state index in [1.165, 1.54) is 14.8 Å². The predicted octanol–water partition coefficient (Wildman–Crippen LogP) is 1.89. The Morgan fingerprint density at radius 1 is 1.16 bits per heavy atom. The molecule has 9 heteroatoms. The summed E-state index contributed by atoms with van der Waals surface area (Å²) in [7, 11) is 2.15. The maximum Gasteiger partial charge on any atom is 0.181 e. The van der Waals surface area contributed by atoms with Crippen LogP contribution in [0.4, 0.5) is 0 Å². The highest BCUT2D eigenvalue weighted by atomic mass is 127. The summed E-state index contributed by atoms with van der Waals surface area (Å²) in [5.74, 6) is 1.10.